The molecule has 0 saturated heterocycles. The lowest BCUT2D eigenvalue weighted by Gasteiger charge is -2.22. The Balaban J connectivity index is 0. The zero-order valence-electron chi connectivity index (χ0n) is 16.4. The smallest absolute Gasteiger partial charge is 0.122 e. The molecule has 0 unspecified atom stereocenters. The third-order valence-electron chi connectivity index (χ3n) is 3.46. The average molecular weight is 311 g/mol. The quantitative estimate of drug-likeness (QED) is 0.559. The molecule has 22 heavy (non-hydrogen) atoms. The standard InChI is InChI=1S/C16H26O2.2C2H6/c1-13-9-10-15(17-4)14(12-13)8-6-7-11-16(2,3)18-5;2*1-2/h9-10,12H,6-8,11H2,1-5H3;2*1-2H3. The van der Waals surface area contributed by atoms with Crippen LogP contribution in [0.1, 0.15) is 71.9 Å². The SMILES string of the molecule is CC.CC.COc1ccc(C)cc1CCCCC(C)(C)OC. The lowest BCUT2D eigenvalue weighted by Crippen LogP contribution is -2.21. The second-order valence-electron chi connectivity index (χ2n) is 5.49. The van der Waals surface area contributed by atoms with Crippen LogP contribution in [0.3, 0.4) is 0 Å². The van der Waals surface area contributed by atoms with Gasteiger partial charge in [-0.1, -0.05) is 51.8 Å². The summed E-state index contributed by atoms with van der Waals surface area (Å²) >= 11 is 0. The summed E-state index contributed by atoms with van der Waals surface area (Å²) in [6.07, 6.45) is 4.52. The van der Waals surface area contributed by atoms with Crippen molar-refractivity contribution in [1.82, 2.24) is 0 Å². The lowest BCUT2D eigenvalue weighted by molar-refractivity contribution is 0.0135. The fourth-order valence-electron chi connectivity index (χ4n) is 2.07. The summed E-state index contributed by atoms with van der Waals surface area (Å²) < 4.78 is 10.8. The molecule has 1 rings (SSSR count). The van der Waals surface area contributed by atoms with Gasteiger partial charge in [0.25, 0.3) is 0 Å². The maximum absolute atomic E-state index is 5.43. The maximum atomic E-state index is 5.43. The van der Waals surface area contributed by atoms with Gasteiger partial charge in [-0.2, -0.15) is 0 Å². The van der Waals surface area contributed by atoms with Crippen LogP contribution in [0.15, 0.2) is 18.2 Å². The van der Waals surface area contributed by atoms with Crippen LogP contribution in [-0.4, -0.2) is 19.8 Å². The van der Waals surface area contributed by atoms with Gasteiger partial charge in [-0.05, 0) is 51.7 Å². The van der Waals surface area contributed by atoms with Crippen molar-refractivity contribution < 1.29 is 9.47 Å². The van der Waals surface area contributed by atoms with Crippen LogP contribution in [0.25, 0.3) is 0 Å². The fourth-order valence-corrected chi connectivity index (χ4v) is 2.07. The molecular formula is C20H38O2. The largest absolute Gasteiger partial charge is 0.496 e. The number of methoxy groups -OCH3 is 2. The van der Waals surface area contributed by atoms with Crippen molar-refractivity contribution in [3.05, 3.63) is 29.3 Å². The Labute approximate surface area is 139 Å². The molecule has 0 aliphatic heterocycles. The van der Waals surface area contributed by atoms with Crippen molar-refractivity contribution in [1.29, 1.82) is 0 Å². The Kier molecular flexibility index (Phi) is 14.4. The Morgan fingerprint density at radius 2 is 1.55 bits per heavy atom. The highest BCUT2D eigenvalue weighted by Crippen LogP contribution is 2.23. The molecule has 1 aromatic rings. The zero-order valence-corrected chi connectivity index (χ0v) is 16.4. The van der Waals surface area contributed by atoms with Gasteiger partial charge in [0, 0.05) is 7.11 Å². The third-order valence-corrected chi connectivity index (χ3v) is 3.46. The van der Waals surface area contributed by atoms with Gasteiger partial charge in [-0.15, -0.1) is 0 Å². The van der Waals surface area contributed by atoms with Crippen LogP contribution in [-0.2, 0) is 11.2 Å². The molecule has 0 aliphatic rings. The lowest BCUT2D eigenvalue weighted by atomic mass is 9.98. The molecule has 0 aliphatic carbocycles. The summed E-state index contributed by atoms with van der Waals surface area (Å²) in [4.78, 5) is 0. The molecular weight excluding hydrogens is 272 g/mol. The molecule has 0 heterocycles. The van der Waals surface area contributed by atoms with Crippen molar-refractivity contribution in [2.24, 2.45) is 0 Å². The van der Waals surface area contributed by atoms with Gasteiger partial charge < -0.3 is 9.47 Å². The molecule has 0 radical (unpaired) electrons. The van der Waals surface area contributed by atoms with Crippen LogP contribution >= 0.6 is 0 Å². The molecule has 0 saturated carbocycles. The van der Waals surface area contributed by atoms with E-state index in [1.165, 1.54) is 24.0 Å². The molecule has 1 aromatic carbocycles. The Hall–Kier alpha value is -1.02. The molecule has 0 bridgehead atoms. The van der Waals surface area contributed by atoms with Crippen molar-refractivity contribution in [2.45, 2.75) is 79.8 Å². The van der Waals surface area contributed by atoms with Gasteiger partial charge >= 0.3 is 0 Å². The highest BCUT2D eigenvalue weighted by molar-refractivity contribution is 5.36. The van der Waals surface area contributed by atoms with E-state index in [2.05, 4.69) is 39.0 Å². The Bertz CT molecular complexity index is 370. The van der Waals surface area contributed by atoms with E-state index in [4.69, 9.17) is 9.47 Å². The van der Waals surface area contributed by atoms with Crippen molar-refractivity contribution in [3.8, 4) is 5.75 Å². The minimum absolute atomic E-state index is 0.00328. The number of unbranched alkanes of at least 4 members (excludes halogenated alkanes) is 1. The summed E-state index contributed by atoms with van der Waals surface area (Å²) in [5.41, 5.74) is 2.60. The Morgan fingerprint density at radius 3 is 2.05 bits per heavy atom. The first-order valence-corrected chi connectivity index (χ1v) is 8.67. The van der Waals surface area contributed by atoms with Gasteiger partial charge in [0.2, 0.25) is 0 Å². The highest BCUT2D eigenvalue weighted by Gasteiger charge is 2.15. The first kappa shape index (κ1) is 23.2. The number of hydrogen-bond donors (Lipinski definition) is 0. The predicted molar refractivity (Wildman–Crippen MR) is 99.1 cm³/mol. The van der Waals surface area contributed by atoms with Crippen LogP contribution < -0.4 is 4.74 Å². The van der Waals surface area contributed by atoms with Gasteiger partial charge in [0.15, 0.2) is 0 Å². The van der Waals surface area contributed by atoms with Gasteiger partial charge in [-0.25, -0.2) is 0 Å². The minimum atomic E-state index is -0.00328. The minimum Gasteiger partial charge on any atom is -0.496 e. The fraction of sp³-hybridized carbons (Fsp3) is 0.700. The predicted octanol–water partition coefficient (Wildman–Crippen LogP) is 6.19. The molecule has 0 amide bonds. The maximum Gasteiger partial charge on any atom is 0.122 e. The van der Waals surface area contributed by atoms with Gasteiger partial charge in [0.1, 0.15) is 5.75 Å². The summed E-state index contributed by atoms with van der Waals surface area (Å²) in [5.74, 6) is 1.01. The third kappa shape index (κ3) is 9.83. The van der Waals surface area contributed by atoms with E-state index >= 15 is 0 Å². The second kappa shape index (κ2) is 13.6. The number of ether oxygens (including phenoxy) is 2. The molecule has 0 N–H and O–H groups in total. The Morgan fingerprint density at radius 1 is 0.955 bits per heavy atom. The van der Waals surface area contributed by atoms with Crippen molar-refractivity contribution in [2.75, 3.05) is 14.2 Å². The number of aryl methyl sites for hydroxylation is 2. The van der Waals surface area contributed by atoms with Crippen LogP contribution in [0.5, 0.6) is 5.75 Å². The normalized spacial score (nSPS) is 10.0. The number of rotatable bonds is 7. The van der Waals surface area contributed by atoms with E-state index < -0.39 is 0 Å². The topological polar surface area (TPSA) is 18.5 Å². The molecule has 0 fully saturated rings. The number of hydrogen-bond acceptors (Lipinski definition) is 2. The van der Waals surface area contributed by atoms with Crippen LogP contribution in [0, 0.1) is 6.92 Å². The van der Waals surface area contributed by atoms with Crippen LogP contribution in [0.4, 0.5) is 0 Å². The molecule has 2 heteroatoms. The summed E-state index contributed by atoms with van der Waals surface area (Å²) in [6, 6.07) is 6.38. The molecule has 0 spiro atoms. The second-order valence-corrected chi connectivity index (χ2v) is 5.49. The first-order valence-electron chi connectivity index (χ1n) is 8.67. The first-order chi connectivity index (χ1) is 10.5. The summed E-state index contributed by atoms with van der Waals surface area (Å²) in [5, 5.41) is 0. The van der Waals surface area contributed by atoms with Gasteiger partial charge in [-0.3, -0.25) is 0 Å². The molecule has 2 nitrogen and oxygen atoms in total. The highest BCUT2D eigenvalue weighted by atomic mass is 16.5. The summed E-state index contributed by atoms with van der Waals surface area (Å²) in [6.45, 7) is 14.4. The molecule has 0 atom stereocenters. The monoisotopic (exact) mass is 310 g/mol. The van der Waals surface area contributed by atoms with Crippen molar-refractivity contribution in [3.63, 3.8) is 0 Å². The summed E-state index contributed by atoms with van der Waals surface area (Å²) in [7, 11) is 3.52. The molecule has 0 aromatic heterocycles. The van der Waals surface area contributed by atoms with E-state index in [1.54, 1.807) is 14.2 Å². The van der Waals surface area contributed by atoms with E-state index in [0.29, 0.717) is 0 Å². The van der Waals surface area contributed by atoms with Gasteiger partial charge in [0.05, 0.1) is 12.7 Å². The zero-order chi connectivity index (χ0) is 17.6. The molecule has 130 valence electrons. The van der Waals surface area contributed by atoms with Crippen molar-refractivity contribution >= 4 is 0 Å². The van der Waals surface area contributed by atoms with E-state index in [9.17, 15) is 0 Å². The van der Waals surface area contributed by atoms with E-state index in [-0.39, 0.29) is 5.60 Å². The van der Waals surface area contributed by atoms with E-state index in [1.807, 2.05) is 27.7 Å². The van der Waals surface area contributed by atoms with Crippen LogP contribution in [0.2, 0.25) is 0 Å². The average Bonchev–Trinajstić information content (AvgIpc) is 2.55. The van der Waals surface area contributed by atoms with E-state index in [0.717, 1.165) is 18.6 Å². The number of benzene rings is 1.